The number of nitrogens with one attached hydrogen (secondary N) is 1. The highest BCUT2D eigenvalue weighted by Crippen LogP contribution is 2.22. The van der Waals surface area contributed by atoms with E-state index in [9.17, 15) is 5.11 Å². The second-order valence-corrected chi connectivity index (χ2v) is 6.46. The van der Waals surface area contributed by atoms with Crippen molar-refractivity contribution in [2.75, 3.05) is 0 Å². The van der Waals surface area contributed by atoms with Gasteiger partial charge in [-0.2, -0.15) is 0 Å². The molecule has 0 saturated carbocycles. The summed E-state index contributed by atoms with van der Waals surface area (Å²) in [5.41, 5.74) is 1.98. The van der Waals surface area contributed by atoms with Gasteiger partial charge in [0, 0.05) is 25.3 Å². The SMILES string of the molecule is CC(C)NCc1cccc2ccn(CCC(C)(C)O)c12. The Labute approximate surface area is 121 Å². The van der Waals surface area contributed by atoms with Crippen molar-refractivity contribution in [3.63, 3.8) is 0 Å². The van der Waals surface area contributed by atoms with Crippen LogP contribution in [0.3, 0.4) is 0 Å². The first-order valence-electron chi connectivity index (χ1n) is 7.39. The van der Waals surface area contributed by atoms with E-state index >= 15 is 0 Å². The van der Waals surface area contributed by atoms with E-state index in [2.05, 4.69) is 54.2 Å². The van der Waals surface area contributed by atoms with Gasteiger partial charge in [0.15, 0.2) is 0 Å². The van der Waals surface area contributed by atoms with Gasteiger partial charge in [-0.3, -0.25) is 0 Å². The zero-order chi connectivity index (χ0) is 14.8. The highest BCUT2D eigenvalue weighted by Gasteiger charge is 2.14. The molecule has 2 N–H and O–H groups in total. The van der Waals surface area contributed by atoms with Crippen LogP contribution in [0.15, 0.2) is 30.5 Å². The summed E-state index contributed by atoms with van der Waals surface area (Å²) in [4.78, 5) is 0. The number of hydrogen-bond donors (Lipinski definition) is 2. The summed E-state index contributed by atoms with van der Waals surface area (Å²) in [5, 5.41) is 14.7. The maximum Gasteiger partial charge on any atom is 0.0608 e. The number of para-hydroxylation sites is 1. The number of aromatic nitrogens is 1. The quantitative estimate of drug-likeness (QED) is 0.848. The number of benzene rings is 1. The zero-order valence-electron chi connectivity index (χ0n) is 13.0. The van der Waals surface area contributed by atoms with Gasteiger partial charge in [-0.1, -0.05) is 32.0 Å². The number of rotatable bonds is 6. The van der Waals surface area contributed by atoms with Gasteiger partial charge in [-0.25, -0.2) is 0 Å². The molecule has 0 aliphatic rings. The number of aliphatic hydroxyl groups is 1. The highest BCUT2D eigenvalue weighted by molar-refractivity contribution is 5.83. The van der Waals surface area contributed by atoms with E-state index in [1.165, 1.54) is 16.5 Å². The van der Waals surface area contributed by atoms with Crippen LogP contribution in [0, 0.1) is 0 Å². The lowest BCUT2D eigenvalue weighted by Gasteiger charge is -2.18. The molecule has 0 fully saturated rings. The van der Waals surface area contributed by atoms with Crippen LogP contribution in [-0.4, -0.2) is 21.3 Å². The molecule has 0 radical (unpaired) electrons. The maximum atomic E-state index is 9.91. The van der Waals surface area contributed by atoms with Crippen LogP contribution in [-0.2, 0) is 13.1 Å². The Morgan fingerprint density at radius 1 is 1.25 bits per heavy atom. The van der Waals surface area contributed by atoms with Crippen LogP contribution in [0.5, 0.6) is 0 Å². The summed E-state index contributed by atoms with van der Waals surface area (Å²) in [5.74, 6) is 0. The van der Waals surface area contributed by atoms with Gasteiger partial charge in [-0.15, -0.1) is 0 Å². The van der Waals surface area contributed by atoms with Crippen molar-refractivity contribution < 1.29 is 5.11 Å². The Bertz CT molecular complexity index is 564. The molecule has 2 rings (SSSR count). The van der Waals surface area contributed by atoms with E-state index in [-0.39, 0.29) is 0 Å². The van der Waals surface area contributed by atoms with Gasteiger partial charge in [0.1, 0.15) is 0 Å². The molecule has 110 valence electrons. The zero-order valence-corrected chi connectivity index (χ0v) is 13.0. The van der Waals surface area contributed by atoms with Crippen LogP contribution >= 0.6 is 0 Å². The summed E-state index contributed by atoms with van der Waals surface area (Å²) >= 11 is 0. The van der Waals surface area contributed by atoms with Crippen molar-refractivity contribution >= 4 is 10.9 Å². The monoisotopic (exact) mass is 274 g/mol. The molecule has 0 spiro atoms. The summed E-state index contributed by atoms with van der Waals surface area (Å²) in [7, 11) is 0. The maximum absolute atomic E-state index is 9.91. The summed E-state index contributed by atoms with van der Waals surface area (Å²) in [6, 6.07) is 9.07. The molecular formula is C17H26N2O. The first-order valence-corrected chi connectivity index (χ1v) is 7.39. The van der Waals surface area contributed by atoms with Crippen LogP contribution in [0.2, 0.25) is 0 Å². The van der Waals surface area contributed by atoms with Crippen molar-refractivity contribution in [1.82, 2.24) is 9.88 Å². The number of aryl methyl sites for hydroxylation is 1. The van der Waals surface area contributed by atoms with E-state index in [0.29, 0.717) is 6.04 Å². The molecule has 1 aromatic heterocycles. The number of hydrogen-bond acceptors (Lipinski definition) is 2. The van der Waals surface area contributed by atoms with Crippen LogP contribution in [0.1, 0.15) is 39.7 Å². The van der Waals surface area contributed by atoms with Gasteiger partial charge in [0.25, 0.3) is 0 Å². The lowest BCUT2D eigenvalue weighted by atomic mass is 10.1. The van der Waals surface area contributed by atoms with E-state index < -0.39 is 5.60 Å². The third kappa shape index (κ3) is 3.84. The Morgan fingerprint density at radius 3 is 2.65 bits per heavy atom. The summed E-state index contributed by atoms with van der Waals surface area (Å²) in [6.07, 6.45) is 2.87. The highest BCUT2D eigenvalue weighted by atomic mass is 16.3. The van der Waals surface area contributed by atoms with Crippen molar-refractivity contribution in [3.05, 3.63) is 36.0 Å². The van der Waals surface area contributed by atoms with Crippen molar-refractivity contribution in [2.45, 2.75) is 58.8 Å². The predicted octanol–water partition coefficient (Wildman–Crippen LogP) is 3.30. The average molecular weight is 274 g/mol. The van der Waals surface area contributed by atoms with Crippen molar-refractivity contribution in [2.24, 2.45) is 0 Å². The molecule has 2 aromatic rings. The summed E-state index contributed by atoms with van der Waals surface area (Å²) in [6.45, 7) is 9.76. The fraction of sp³-hybridized carbons (Fsp3) is 0.529. The van der Waals surface area contributed by atoms with E-state index in [4.69, 9.17) is 0 Å². The molecule has 3 heteroatoms. The van der Waals surface area contributed by atoms with Gasteiger partial charge in [0.2, 0.25) is 0 Å². The Balaban J connectivity index is 2.26. The Kier molecular flexibility index (Phi) is 4.51. The lowest BCUT2D eigenvalue weighted by molar-refractivity contribution is 0.0666. The first kappa shape index (κ1) is 15.1. The fourth-order valence-corrected chi connectivity index (χ4v) is 2.38. The molecule has 0 unspecified atom stereocenters. The predicted molar refractivity (Wildman–Crippen MR) is 84.8 cm³/mol. The normalized spacial score (nSPS) is 12.5. The molecule has 0 bridgehead atoms. The minimum Gasteiger partial charge on any atom is -0.390 e. The van der Waals surface area contributed by atoms with E-state index in [1.807, 2.05) is 13.8 Å². The van der Waals surface area contributed by atoms with Gasteiger partial charge in [-0.05, 0) is 37.3 Å². The molecule has 0 atom stereocenters. The molecule has 3 nitrogen and oxygen atoms in total. The second kappa shape index (κ2) is 5.98. The molecule has 1 heterocycles. The van der Waals surface area contributed by atoms with E-state index in [0.717, 1.165) is 19.5 Å². The average Bonchev–Trinajstić information content (AvgIpc) is 2.76. The minimum absolute atomic E-state index is 0.477. The molecule has 0 aliphatic carbocycles. The minimum atomic E-state index is -0.623. The largest absolute Gasteiger partial charge is 0.390 e. The lowest BCUT2D eigenvalue weighted by Crippen LogP contribution is -2.23. The van der Waals surface area contributed by atoms with Crippen molar-refractivity contribution in [1.29, 1.82) is 0 Å². The third-order valence-corrected chi connectivity index (χ3v) is 3.54. The van der Waals surface area contributed by atoms with Crippen LogP contribution in [0.25, 0.3) is 10.9 Å². The summed E-state index contributed by atoms with van der Waals surface area (Å²) < 4.78 is 2.25. The first-order chi connectivity index (χ1) is 9.37. The number of nitrogens with zero attached hydrogens (tertiary/aromatic N) is 1. The van der Waals surface area contributed by atoms with Gasteiger partial charge >= 0.3 is 0 Å². The Morgan fingerprint density at radius 2 is 2.00 bits per heavy atom. The third-order valence-electron chi connectivity index (χ3n) is 3.54. The second-order valence-electron chi connectivity index (χ2n) is 6.46. The van der Waals surface area contributed by atoms with Gasteiger partial charge in [0.05, 0.1) is 11.1 Å². The fourth-order valence-electron chi connectivity index (χ4n) is 2.38. The molecule has 0 saturated heterocycles. The smallest absolute Gasteiger partial charge is 0.0608 e. The molecule has 0 amide bonds. The number of fused-ring (bicyclic) bond motifs is 1. The standard InChI is InChI=1S/C17H26N2O/c1-13(2)18-12-15-7-5-6-14-8-10-19(16(14)15)11-9-17(3,4)20/h5-8,10,13,18,20H,9,11-12H2,1-4H3. The van der Waals surface area contributed by atoms with Gasteiger partial charge < -0.3 is 15.0 Å². The molecule has 0 aliphatic heterocycles. The van der Waals surface area contributed by atoms with Crippen molar-refractivity contribution in [3.8, 4) is 0 Å². The van der Waals surface area contributed by atoms with Crippen LogP contribution in [0.4, 0.5) is 0 Å². The van der Waals surface area contributed by atoms with E-state index in [1.54, 1.807) is 0 Å². The topological polar surface area (TPSA) is 37.2 Å². The molecular weight excluding hydrogens is 248 g/mol. The Hall–Kier alpha value is -1.32. The molecule has 20 heavy (non-hydrogen) atoms. The van der Waals surface area contributed by atoms with Crippen LogP contribution < -0.4 is 5.32 Å². The molecule has 1 aromatic carbocycles.